The molecule has 76 valence electrons. The first kappa shape index (κ1) is 9.97. The summed E-state index contributed by atoms with van der Waals surface area (Å²) in [5, 5.41) is 0. The van der Waals surface area contributed by atoms with Gasteiger partial charge in [0.2, 0.25) is 5.88 Å². The molecule has 0 aromatic carbocycles. The van der Waals surface area contributed by atoms with E-state index in [0.717, 1.165) is 23.0 Å². The van der Waals surface area contributed by atoms with Crippen molar-refractivity contribution in [1.82, 2.24) is 4.98 Å². The minimum atomic E-state index is 0.728. The van der Waals surface area contributed by atoms with Crippen molar-refractivity contribution in [2.45, 2.75) is 25.7 Å². The Morgan fingerprint density at radius 2 is 2.14 bits per heavy atom. The molecule has 0 atom stereocenters. The van der Waals surface area contributed by atoms with Gasteiger partial charge < -0.3 is 4.74 Å². The third-order valence-corrected chi connectivity index (χ3v) is 3.07. The zero-order valence-corrected chi connectivity index (χ0v) is 9.66. The van der Waals surface area contributed by atoms with E-state index in [4.69, 9.17) is 4.74 Å². The summed E-state index contributed by atoms with van der Waals surface area (Å²) in [5.41, 5.74) is 0. The molecule has 1 fully saturated rings. The van der Waals surface area contributed by atoms with Crippen molar-refractivity contribution >= 4 is 15.9 Å². The molecule has 0 bridgehead atoms. The minimum Gasteiger partial charge on any atom is -0.477 e. The molecule has 0 N–H and O–H groups in total. The van der Waals surface area contributed by atoms with Crippen LogP contribution in [0, 0.1) is 5.92 Å². The summed E-state index contributed by atoms with van der Waals surface area (Å²) in [6.45, 7) is 0.823. The second kappa shape index (κ2) is 4.78. The van der Waals surface area contributed by atoms with Crippen LogP contribution in [0.5, 0.6) is 5.88 Å². The molecule has 3 heteroatoms. The van der Waals surface area contributed by atoms with Crippen molar-refractivity contribution in [2.24, 2.45) is 5.92 Å². The van der Waals surface area contributed by atoms with Crippen LogP contribution in [-0.4, -0.2) is 11.6 Å². The lowest BCUT2D eigenvalue weighted by atomic mass is 10.1. The Bertz CT molecular complexity index is 297. The fraction of sp³-hybridized carbons (Fsp3) is 0.545. The number of hydrogen-bond acceptors (Lipinski definition) is 2. The Labute approximate surface area is 92.8 Å². The van der Waals surface area contributed by atoms with Gasteiger partial charge in [-0.1, -0.05) is 18.9 Å². The molecule has 1 saturated carbocycles. The van der Waals surface area contributed by atoms with Crippen molar-refractivity contribution in [3.63, 3.8) is 0 Å². The average Bonchev–Trinajstić information content (AvgIpc) is 2.67. The van der Waals surface area contributed by atoms with E-state index >= 15 is 0 Å². The van der Waals surface area contributed by atoms with Gasteiger partial charge in [0.25, 0.3) is 0 Å². The van der Waals surface area contributed by atoms with E-state index in [1.165, 1.54) is 25.7 Å². The number of aromatic nitrogens is 1. The highest BCUT2D eigenvalue weighted by Crippen LogP contribution is 2.25. The summed E-state index contributed by atoms with van der Waals surface area (Å²) in [4.78, 5) is 4.23. The van der Waals surface area contributed by atoms with E-state index in [0.29, 0.717) is 0 Å². The van der Waals surface area contributed by atoms with Gasteiger partial charge >= 0.3 is 0 Å². The van der Waals surface area contributed by atoms with Crippen LogP contribution in [0.4, 0.5) is 0 Å². The Balaban J connectivity index is 1.85. The minimum absolute atomic E-state index is 0.728. The smallest absolute Gasteiger partial charge is 0.214 e. The number of hydrogen-bond donors (Lipinski definition) is 0. The van der Waals surface area contributed by atoms with Gasteiger partial charge in [0.1, 0.15) is 4.60 Å². The van der Waals surface area contributed by atoms with E-state index in [1.807, 2.05) is 18.2 Å². The fourth-order valence-corrected chi connectivity index (χ4v) is 2.18. The van der Waals surface area contributed by atoms with Crippen LogP contribution in [-0.2, 0) is 0 Å². The number of halogens is 1. The molecular formula is C11H14BrNO. The van der Waals surface area contributed by atoms with E-state index in [1.54, 1.807) is 0 Å². The van der Waals surface area contributed by atoms with Crippen LogP contribution in [0.25, 0.3) is 0 Å². The first-order chi connectivity index (χ1) is 6.84. The largest absolute Gasteiger partial charge is 0.477 e. The highest BCUT2D eigenvalue weighted by molar-refractivity contribution is 9.10. The first-order valence-electron chi connectivity index (χ1n) is 5.10. The normalized spacial score (nSPS) is 17.2. The van der Waals surface area contributed by atoms with Gasteiger partial charge in [-0.15, -0.1) is 0 Å². The lowest BCUT2D eigenvalue weighted by Crippen LogP contribution is -2.08. The van der Waals surface area contributed by atoms with Gasteiger partial charge in [-0.2, -0.15) is 0 Å². The number of ether oxygens (including phenoxy) is 1. The molecule has 1 aliphatic carbocycles. The van der Waals surface area contributed by atoms with Crippen molar-refractivity contribution < 1.29 is 4.74 Å². The van der Waals surface area contributed by atoms with E-state index in [2.05, 4.69) is 20.9 Å². The predicted octanol–water partition coefficient (Wildman–Crippen LogP) is 3.41. The van der Waals surface area contributed by atoms with Gasteiger partial charge in [-0.05, 0) is 40.8 Å². The molecule has 0 radical (unpaired) electrons. The maximum Gasteiger partial charge on any atom is 0.214 e. The molecule has 0 unspecified atom stereocenters. The van der Waals surface area contributed by atoms with Crippen molar-refractivity contribution in [2.75, 3.05) is 6.61 Å². The molecule has 2 nitrogen and oxygen atoms in total. The van der Waals surface area contributed by atoms with Crippen LogP contribution in [0.2, 0.25) is 0 Å². The molecule has 1 aromatic rings. The Kier molecular flexibility index (Phi) is 3.40. The highest BCUT2D eigenvalue weighted by atomic mass is 79.9. The number of pyridine rings is 1. The molecule has 0 saturated heterocycles. The van der Waals surface area contributed by atoms with Gasteiger partial charge in [-0.3, -0.25) is 0 Å². The molecule has 1 aliphatic rings. The molecular weight excluding hydrogens is 242 g/mol. The second-order valence-corrected chi connectivity index (χ2v) is 4.57. The summed E-state index contributed by atoms with van der Waals surface area (Å²) >= 11 is 3.32. The second-order valence-electron chi connectivity index (χ2n) is 3.76. The van der Waals surface area contributed by atoms with E-state index in [9.17, 15) is 0 Å². The highest BCUT2D eigenvalue weighted by Gasteiger charge is 2.15. The maximum absolute atomic E-state index is 5.63. The topological polar surface area (TPSA) is 22.1 Å². The van der Waals surface area contributed by atoms with Crippen LogP contribution in [0.1, 0.15) is 25.7 Å². The summed E-state index contributed by atoms with van der Waals surface area (Å²) in [5.74, 6) is 1.47. The number of nitrogens with zero attached hydrogens (tertiary/aromatic N) is 1. The Hall–Kier alpha value is -0.570. The van der Waals surface area contributed by atoms with Crippen molar-refractivity contribution in [3.8, 4) is 5.88 Å². The SMILES string of the molecule is Brc1cccc(OCC2CCCC2)n1. The van der Waals surface area contributed by atoms with Gasteiger partial charge in [0, 0.05) is 6.07 Å². The van der Waals surface area contributed by atoms with Crippen LogP contribution in [0.3, 0.4) is 0 Å². The zero-order chi connectivity index (χ0) is 9.80. The zero-order valence-electron chi connectivity index (χ0n) is 8.08. The summed E-state index contributed by atoms with van der Waals surface area (Å²) in [6.07, 6.45) is 5.35. The average molecular weight is 256 g/mol. The van der Waals surface area contributed by atoms with E-state index < -0.39 is 0 Å². The fourth-order valence-electron chi connectivity index (χ4n) is 1.85. The standard InChI is InChI=1S/C11H14BrNO/c12-10-6-3-7-11(13-10)14-8-9-4-1-2-5-9/h3,6-7,9H,1-2,4-5,8H2. The molecule has 14 heavy (non-hydrogen) atoms. The molecule has 0 amide bonds. The molecule has 0 spiro atoms. The van der Waals surface area contributed by atoms with Crippen LogP contribution >= 0.6 is 15.9 Å². The maximum atomic E-state index is 5.63. The third-order valence-electron chi connectivity index (χ3n) is 2.63. The Morgan fingerprint density at radius 3 is 2.86 bits per heavy atom. The lowest BCUT2D eigenvalue weighted by molar-refractivity contribution is 0.243. The first-order valence-corrected chi connectivity index (χ1v) is 5.89. The summed E-state index contributed by atoms with van der Waals surface area (Å²) < 4.78 is 6.46. The quantitative estimate of drug-likeness (QED) is 0.773. The third kappa shape index (κ3) is 2.71. The van der Waals surface area contributed by atoms with Crippen molar-refractivity contribution in [1.29, 1.82) is 0 Å². The van der Waals surface area contributed by atoms with Gasteiger partial charge in [-0.25, -0.2) is 4.98 Å². The monoisotopic (exact) mass is 255 g/mol. The Morgan fingerprint density at radius 1 is 1.36 bits per heavy atom. The van der Waals surface area contributed by atoms with Crippen LogP contribution in [0.15, 0.2) is 22.8 Å². The van der Waals surface area contributed by atoms with E-state index in [-0.39, 0.29) is 0 Å². The molecule has 1 heterocycles. The van der Waals surface area contributed by atoms with Gasteiger partial charge in [0.05, 0.1) is 6.61 Å². The summed E-state index contributed by atoms with van der Waals surface area (Å²) in [7, 11) is 0. The number of rotatable bonds is 3. The lowest BCUT2D eigenvalue weighted by Gasteiger charge is -2.10. The molecule has 0 aliphatic heterocycles. The molecule has 1 aromatic heterocycles. The van der Waals surface area contributed by atoms with Gasteiger partial charge in [0.15, 0.2) is 0 Å². The van der Waals surface area contributed by atoms with Crippen LogP contribution < -0.4 is 4.74 Å². The molecule has 2 rings (SSSR count). The summed E-state index contributed by atoms with van der Waals surface area (Å²) in [6, 6.07) is 5.75. The van der Waals surface area contributed by atoms with Crippen molar-refractivity contribution in [3.05, 3.63) is 22.8 Å². The predicted molar refractivity (Wildman–Crippen MR) is 59.4 cm³/mol.